The second-order valence-electron chi connectivity index (χ2n) is 8.59. The Morgan fingerprint density at radius 2 is 1.45 bits per heavy atom. The lowest BCUT2D eigenvalue weighted by atomic mass is 9.78. The van der Waals surface area contributed by atoms with Crippen LogP contribution in [0.2, 0.25) is 0 Å². The summed E-state index contributed by atoms with van der Waals surface area (Å²) in [5.41, 5.74) is 10.0. The number of rotatable bonds is 5. The van der Waals surface area contributed by atoms with E-state index in [9.17, 15) is 0 Å². The van der Waals surface area contributed by atoms with Crippen LogP contribution in [0, 0.1) is 0 Å². The molecule has 1 atom stereocenters. The van der Waals surface area contributed by atoms with Crippen molar-refractivity contribution < 1.29 is 4.74 Å². The molecule has 2 heteroatoms. The SMILES string of the molecule is COc1c(C(C)(C)C)cc(CCCC(C)N)cc1C(C)(C)C. The molecule has 2 nitrogen and oxygen atoms in total. The third-order valence-electron chi connectivity index (χ3n) is 4.09. The van der Waals surface area contributed by atoms with Gasteiger partial charge in [0.05, 0.1) is 7.11 Å². The maximum Gasteiger partial charge on any atom is 0.126 e. The van der Waals surface area contributed by atoms with Crippen LogP contribution in [-0.2, 0) is 17.3 Å². The van der Waals surface area contributed by atoms with Crippen molar-refractivity contribution in [1.82, 2.24) is 0 Å². The predicted octanol–water partition coefficient (Wildman–Crippen LogP) is 4.96. The molecule has 0 radical (unpaired) electrons. The molecule has 0 amide bonds. The summed E-state index contributed by atoms with van der Waals surface area (Å²) in [5, 5.41) is 0. The highest BCUT2D eigenvalue weighted by Gasteiger charge is 2.27. The van der Waals surface area contributed by atoms with E-state index < -0.39 is 0 Å². The van der Waals surface area contributed by atoms with Crippen LogP contribution in [0.25, 0.3) is 0 Å². The molecule has 0 fully saturated rings. The summed E-state index contributed by atoms with van der Waals surface area (Å²) >= 11 is 0. The van der Waals surface area contributed by atoms with Gasteiger partial charge in [-0.1, -0.05) is 53.7 Å². The number of nitrogens with two attached hydrogens (primary N) is 1. The van der Waals surface area contributed by atoms with E-state index in [0.29, 0.717) is 0 Å². The fourth-order valence-corrected chi connectivity index (χ4v) is 2.80. The van der Waals surface area contributed by atoms with E-state index in [1.807, 2.05) is 0 Å². The molecule has 0 aliphatic rings. The van der Waals surface area contributed by atoms with Crippen molar-refractivity contribution in [3.05, 3.63) is 28.8 Å². The fourth-order valence-electron chi connectivity index (χ4n) is 2.80. The van der Waals surface area contributed by atoms with Gasteiger partial charge in [0.15, 0.2) is 0 Å². The zero-order valence-electron chi connectivity index (χ0n) is 15.8. The predicted molar refractivity (Wildman–Crippen MR) is 97.0 cm³/mol. The van der Waals surface area contributed by atoms with Gasteiger partial charge >= 0.3 is 0 Å². The van der Waals surface area contributed by atoms with E-state index in [1.165, 1.54) is 16.7 Å². The van der Waals surface area contributed by atoms with Gasteiger partial charge in [0.1, 0.15) is 5.75 Å². The fraction of sp³-hybridized carbons (Fsp3) is 0.700. The van der Waals surface area contributed by atoms with Gasteiger partial charge in [0.25, 0.3) is 0 Å². The molecule has 0 heterocycles. The Morgan fingerprint density at radius 1 is 1.00 bits per heavy atom. The van der Waals surface area contributed by atoms with E-state index in [2.05, 4.69) is 60.6 Å². The normalized spacial score (nSPS) is 14.0. The Labute approximate surface area is 137 Å². The van der Waals surface area contributed by atoms with E-state index >= 15 is 0 Å². The van der Waals surface area contributed by atoms with Crippen molar-refractivity contribution in [3.63, 3.8) is 0 Å². The summed E-state index contributed by atoms with van der Waals surface area (Å²) in [6.07, 6.45) is 3.29. The highest BCUT2D eigenvalue weighted by atomic mass is 16.5. The molecule has 0 aliphatic heterocycles. The number of benzene rings is 1. The Kier molecular flexibility index (Phi) is 6.09. The van der Waals surface area contributed by atoms with Gasteiger partial charge in [0, 0.05) is 17.2 Å². The largest absolute Gasteiger partial charge is 0.496 e. The van der Waals surface area contributed by atoms with Crippen LogP contribution in [0.3, 0.4) is 0 Å². The van der Waals surface area contributed by atoms with Gasteiger partial charge in [-0.3, -0.25) is 0 Å². The maximum absolute atomic E-state index is 5.88. The third kappa shape index (κ3) is 5.01. The van der Waals surface area contributed by atoms with Gasteiger partial charge < -0.3 is 10.5 Å². The Hall–Kier alpha value is -1.02. The Bertz CT molecular complexity index is 454. The summed E-state index contributed by atoms with van der Waals surface area (Å²) < 4.78 is 5.81. The molecule has 0 saturated carbocycles. The van der Waals surface area contributed by atoms with Crippen LogP contribution >= 0.6 is 0 Å². The lowest BCUT2D eigenvalue weighted by molar-refractivity contribution is 0.381. The van der Waals surface area contributed by atoms with Crippen molar-refractivity contribution in [2.45, 2.75) is 84.6 Å². The zero-order valence-corrected chi connectivity index (χ0v) is 15.8. The number of hydrogen-bond donors (Lipinski definition) is 1. The molecule has 0 bridgehead atoms. The summed E-state index contributed by atoms with van der Waals surface area (Å²) in [4.78, 5) is 0. The van der Waals surface area contributed by atoms with Crippen LogP contribution in [0.4, 0.5) is 0 Å². The van der Waals surface area contributed by atoms with Crippen LogP contribution in [0.1, 0.15) is 78.0 Å². The summed E-state index contributed by atoms with van der Waals surface area (Å²) in [6, 6.07) is 4.94. The van der Waals surface area contributed by atoms with E-state index in [1.54, 1.807) is 7.11 Å². The summed E-state index contributed by atoms with van der Waals surface area (Å²) in [5.74, 6) is 1.05. The van der Waals surface area contributed by atoms with E-state index in [-0.39, 0.29) is 16.9 Å². The minimum atomic E-state index is 0.0719. The lowest BCUT2D eigenvalue weighted by Crippen LogP contribution is -2.20. The highest BCUT2D eigenvalue weighted by molar-refractivity contribution is 5.50. The van der Waals surface area contributed by atoms with Crippen molar-refractivity contribution >= 4 is 0 Å². The number of methoxy groups -OCH3 is 1. The minimum Gasteiger partial charge on any atom is -0.496 e. The van der Waals surface area contributed by atoms with Gasteiger partial charge in [-0.2, -0.15) is 0 Å². The Morgan fingerprint density at radius 3 is 1.77 bits per heavy atom. The zero-order chi connectivity index (χ0) is 17.1. The molecular weight excluding hydrogens is 270 g/mol. The minimum absolute atomic E-state index is 0.0719. The topological polar surface area (TPSA) is 35.2 Å². The second-order valence-corrected chi connectivity index (χ2v) is 8.59. The molecule has 2 N–H and O–H groups in total. The van der Waals surface area contributed by atoms with Gasteiger partial charge in [-0.05, 0) is 42.6 Å². The van der Waals surface area contributed by atoms with Crippen molar-refractivity contribution in [3.8, 4) is 5.75 Å². The molecular formula is C20H35NO. The molecule has 22 heavy (non-hydrogen) atoms. The molecule has 0 aliphatic carbocycles. The standard InChI is InChI=1S/C20H35NO/c1-14(21)10-9-11-15-12-16(19(2,3)4)18(22-8)17(13-15)20(5,6)7/h12-14H,9-11,21H2,1-8H3. The number of ether oxygens (including phenoxy) is 1. The number of aryl methyl sites for hydroxylation is 1. The van der Waals surface area contributed by atoms with Gasteiger partial charge in [-0.15, -0.1) is 0 Å². The molecule has 1 rings (SSSR count). The summed E-state index contributed by atoms with van der Waals surface area (Å²) in [7, 11) is 1.79. The third-order valence-corrected chi connectivity index (χ3v) is 4.09. The first-order valence-electron chi connectivity index (χ1n) is 8.44. The number of hydrogen-bond acceptors (Lipinski definition) is 2. The van der Waals surface area contributed by atoms with Crippen molar-refractivity contribution in [2.24, 2.45) is 5.73 Å². The first kappa shape index (κ1) is 19.0. The Balaban J connectivity index is 3.31. The van der Waals surface area contributed by atoms with Gasteiger partial charge in [0.2, 0.25) is 0 Å². The molecule has 1 unspecified atom stereocenters. The second kappa shape index (κ2) is 7.04. The lowest BCUT2D eigenvalue weighted by Gasteiger charge is -2.30. The first-order valence-corrected chi connectivity index (χ1v) is 8.44. The van der Waals surface area contributed by atoms with Crippen LogP contribution in [-0.4, -0.2) is 13.2 Å². The molecule has 0 saturated heterocycles. The average Bonchev–Trinajstić information content (AvgIpc) is 2.35. The van der Waals surface area contributed by atoms with Crippen molar-refractivity contribution in [1.29, 1.82) is 0 Å². The monoisotopic (exact) mass is 305 g/mol. The summed E-state index contributed by atoms with van der Waals surface area (Å²) in [6.45, 7) is 15.6. The molecule has 1 aromatic rings. The molecule has 126 valence electrons. The quantitative estimate of drug-likeness (QED) is 0.834. The average molecular weight is 306 g/mol. The van der Waals surface area contributed by atoms with Crippen LogP contribution in [0.5, 0.6) is 5.75 Å². The van der Waals surface area contributed by atoms with Crippen LogP contribution in [0.15, 0.2) is 12.1 Å². The van der Waals surface area contributed by atoms with Crippen molar-refractivity contribution in [2.75, 3.05) is 7.11 Å². The molecule has 1 aromatic carbocycles. The first-order chi connectivity index (χ1) is 9.96. The van der Waals surface area contributed by atoms with Gasteiger partial charge in [-0.25, -0.2) is 0 Å². The van der Waals surface area contributed by atoms with E-state index in [4.69, 9.17) is 10.5 Å². The van der Waals surface area contributed by atoms with E-state index in [0.717, 1.165) is 25.0 Å². The molecule has 0 aromatic heterocycles. The maximum atomic E-state index is 5.88. The van der Waals surface area contributed by atoms with Crippen LogP contribution < -0.4 is 10.5 Å². The smallest absolute Gasteiger partial charge is 0.126 e. The highest BCUT2D eigenvalue weighted by Crippen LogP contribution is 2.40. The molecule has 0 spiro atoms.